The van der Waals surface area contributed by atoms with Crippen LogP contribution in [0.5, 0.6) is 0 Å². The van der Waals surface area contributed by atoms with Gasteiger partial charge in [-0.25, -0.2) is 9.48 Å². The largest absolute Gasteiger partial charge is 0.384 e. The lowest BCUT2D eigenvalue weighted by atomic mass is 9.84. The predicted octanol–water partition coefficient (Wildman–Crippen LogP) is 1.21. The molecule has 15 nitrogen and oxygen atoms in total. The summed E-state index contributed by atoms with van der Waals surface area (Å²) in [6, 6.07) is 6.29. The molecule has 2 aromatic rings. The third-order valence-corrected chi connectivity index (χ3v) is 9.97. The van der Waals surface area contributed by atoms with E-state index in [1.54, 1.807) is 13.8 Å². The summed E-state index contributed by atoms with van der Waals surface area (Å²) in [6.07, 6.45) is 7.05. The zero-order valence-electron chi connectivity index (χ0n) is 28.2. The second kappa shape index (κ2) is 15.5. The number of nitrogens with zero attached hydrogens (tertiary/aromatic N) is 4. The Hall–Kier alpha value is -4.37. The zero-order valence-corrected chi connectivity index (χ0v) is 28.2. The van der Waals surface area contributed by atoms with Gasteiger partial charge >= 0.3 is 6.03 Å². The van der Waals surface area contributed by atoms with Crippen LogP contribution in [0.4, 0.5) is 4.79 Å². The van der Waals surface area contributed by atoms with Crippen LogP contribution in [0.1, 0.15) is 88.9 Å². The highest BCUT2D eigenvalue weighted by Gasteiger charge is 2.49. The Balaban J connectivity index is 1.43. The summed E-state index contributed by atoms with van der Waals surface area (Å²) in [4.78, 5) is 68.6. The van der Waals surface area contributed by atoms with Crippen LogP contribution in [0, 0.1) is 5.92 Å². The van der Waals surface area contributed by atoms with E-state index in [9.17, 15) is 29.1 Å². The Bertz CT molecular complexity index is 1500. The first-order valence-corrected chi connectivity index (χ1v) is 17.1. The number of nitrogens with two attached hydrogens (primary N) is 1. The van der Waals surface area contributed by atoms with Crippen molar-refractivity contribution >= 4 is 29.5 Å². The predicted molar refractivity (Wildman–Crippen MR) is 176 cm³/mol. The molecule has 3 atom stereocenters. The van der Waals surface area contributed by atoms with Gasteiger partial charge in [0.1, 0.15) is 23.2 Å². The van der Waals surface area contributed by atoms with Gasteiger partial charge in [-0.3, -0.25) is 19.2 Å². The minimum Gasteiger partial charge on any atom is -0.384 e. The van der Waals surface area contributed by atoms with Gasteiger partial charge in [-0.05, 0) is 31.7 Å². The molecule has 2 saturated heterocycles. The summed E-state index contributed by atoms with van der Waals surface area (Å²) in [7, 11) is 0. The molecule has 0 radical (unpaired) electrons. The van der Waals surface area contributed by atoms with Crippen LogP contribution in [-0.2, 0) is 36.1 Å². The van der Waals surface area contributed by atoms with Crippen LogP contribution in [0.2, 0.25) is 0 Å². The number of benzene rings is 1. The minimum atomic E-state index is -1.57. The van der Waals surface area contributed by atoms with Crippen LogP contribution < -0.4 is 21.7 Å². The van der Waals surface area contributed by atoms with Crippen molar-refractivity contribution < 1.29 is 33.8 Å². The third-order valence-electron chi connectivity index (χ3n) is 9.97. The fourth-order valence-corrected chi connectivity index (χ4v) is 7.28. The van der Waals surface area contributed by atoms with E-state index in [1.807, 2.05) is 30.3 Å². The van der Waals surface area contributed by atoms with E-state index in [0.29, 0.717) is 12.1 Å². The molecule has 1 aromatic carbocycles. The molecule has 3 fully saturated rings. The average Bonchev–Trinajstić information content (AvgIpc) is 3.76. The van der Waals surface area contributed by atoms with Gasteiger partial charge in [0.25, 0.3) is 5.91 Å². The molecule has 3 heterocycles. The van der Waals surface area contributed by atoms with E-state index in [4.69, 9.17) is 10.5 Å². The number of hydrogen-bond acceptors (Lipinski definition) is 9. The molecule has 1 aromatic heterocycles. The molecule has 6 N–H and O–H groups in total. The number of likely N-dealkylation sites (tertiary alicyclic amines) is 1. The highest BCUT2D eigenvalue weighted by Crippen LogP contribution is 2.34. The van der Waals surface area contributed by atoms with Crippen LogP contribution in [-0.4, -0.2) is 91.9 Å². The van der Waals surface area contributed by atoms with Crippen molar-refractivity contribution in [3.05, 3.63) is 47.8 Å². The second-order valence-corrected chi connectivity index (χ2v) is 14.0. The van der Waals surface area contributed by atoms with Crippen molar-refractivity contribution in [3.63, 3.8) is 0 Å². The van der Waals surface area contributed by atoms with E-state index >= 15 is 0 Å². The molecule has 49 heavy (non-hydrogen) atoms. The first-order valence-electron chi connectivity index (χ1n) is 17.1. The summed E-state index contributed by atoms with van der Waals surface area (Å²) in [5, 5.41) is 27.5. The van der Waals surface area contributed by atoms with Crippen LogP contribution in [0.15, 0.2) is 36.5 Å². The van der Waals surface area contributed by atoms with E-state index in [1.165, 1.54) is 15.8 Å². The lowest BCUT2D eigenvalue weighted by Gasteiger charge is -2.37. The monoisotopic (exact) mass is 680 g/mol. The standard InChI is InChI=1S/C34H48N8O7/c1-33(2,48)27-20-37-40-42(27)24-18-26(30(45)39-34(28(43)29(35)44)13-15-49-16-14-34)41(21-24)31(46)25(17-22-9-5-3-6-10-22)38-32(47)36-19-23-11-7-4-8-12-23/h4,7-8,11-12,20,22,24-26,48H,3,5-6,9-10,13-19,21H2,1-2H3,(H2,35,44)(H,39,45)(H2,36,38,47)/t24-,25+,26-/m0/s1. The summed E-state index contributed by atoms with van der Waals surface area (Å²) < 4.78 is 6.93. The van der Waals surface area contributed by atoms with Crippen molar-refractivity contribution in [2.45, 2.75) is 107 Å². The molecule has 0 spiro atoms. The third kappa shape index (κ3) is 8.63. The summed E-state index contributed by atoms with van der Waals surface area (Å²) in [5.41, 5.74) is 3.81. The smallest absolute Gasteiger partial charge is 0.315 e. The zero-order chi connectivity index (χ0) is 35.2. The van der Waals surface area contributed by atoms with E-state index < -0.39 is 58.8 Å². The lowest BCUT2D eigenvalue weighted by Crippen LogP contribution is -2.64. The number of ketones is 1. The molecule has 2 aliphatic heterocycles. The summed E-state index contributed by atoms with van der Waals surface area (Å²) in [6.45, 7) is 3.74. The van der Waals surface area contributed by atoms with Gasteiger partial charge in [-0.1, -0.05) is 67.6 Å². The number of aromatic nitrogens is 3. The number of aliphatic hydroxyl groups is 1. The summed E-state index contributed by atoms with van der Waals surface area (Å²) in [5.74, 6) is -2.98. The van der Waals surface area contributed by atoms with E-state index in [0.717, 1.165) is 37.7 Å². The molecule has 1 saturated carbocycles. The molecule has 5 rings (SSSR count). The van der Waals surface area contributed by atoms with Crippen LogP contribution >= 0.6 is 0 Å². The van der Waals surface area contributed by atoms with Crippen LogP contribution in [0.25, 0.3) is 0 Å². The Morgan fingerprint density at radius 2 is 1.78 bits per heavy atom. The number of urea groups is 1. The number of carbonyl (C=O) groups excluding carboxylic acids is 5. The molecular formula is C34H48N8O7. The van der Waals surface area contributed by atoms with Gasteiger partial charge < -0.3 is 36.4 Å². The van der Waals surface area contributed by atoms with Gasteiger partial charge in [-0.15, -0.1) is 5.10 Å². The number of rotatable bonds is 12. The number of ether oxygens (including phenoxy) is 1. The first kappa shape index (κ1) is 35.9. The fraction of sp³-hybridized carbons (Fsp3) is 0.618. The number of carbonyl (C=O) groups is 5. The Labute approximate surface area is 285 Å². The van der Waals surface area contributed by atoms with Crippen molar-refractivity contribution in [2.24, 2.45) is 11.7 Å². The average molecular weight is 681 g/mol. The molecular weight excluding hydrogens is 632 g/mol. The fourth-order valence-electron chi connectivity index (χ4n) is 7.28. The minimum absolute atomic E-state index is 0.0255. The van der Waals surface area contributed by atoms with E-state index in [-0.39, 0.29) is 51.5 Å². The number of nitrogens with one attached hydrogen (secondary N) is 3. The highest BCUT2D eigenvalue weighted by molar-refractivity contribution is 6.39. The molecule has 15 heteroatoms. The maximum atomic E-state index is 14.6. The molecule has 266 valence electrons. The Morgan fingerprint density at radius 3 is 2.43 bits per heavy atom. The van der Waals surface area contributed by atoms with Gasteiger partial charge in [0, 0.05) is 45.6 Å². The lowest BCUT2D eigenvalue weighted by molar-refractivity contribution is -0.147. The SMILES string of the molecule is CC(C)(O)c1cnnn1[C@H]1C[C@@H](C(=O)NC2(C(=O)C(N)=O)CCOCC2)N(C(=O)[C@@H](CC2CCCCC2)NC(=O)NCc2ccccc2)C1. The van der Waals surface area contributed by atoms with E-state index in [2.05, 4.69) is 26.3 Å². The Kier molecular flexibility index (Phi) is 11.3. The molecule has 3 aliphatic rings. The molecule has 0 unspecified atom stereocenters. The topological polar surface area (TPSA) is 211 Å². The van der Waals surface area contributed by atoms with Crippen molar-refractivity contribution in [1.29, 1.82) is 0 Å². The first-order chi connectivity index (χ1) is 23.4. The second-order valence-electron chi connectivity index (χ2n) is 14.0. The number of hydrogen-bond donors (Lipinski definition) is 5. The Morgan fingerprint density at radius 1 is 1.08 bits per heavy atom. The van der Waals surface area contributed by atoms with Crippen molar-refractivity contribution in [2.75, 3.05) is 19.8 Å². The quantitative estimate of drug-likeness (QED) is 0.204. The van der Waals surface area contributed by atoms with Gasteiger partial charge in [0.2, 0.25) is 17.6 Å². The number of primary amides is 1. The van der Waals surface area contributed by atoms with Gasteiger partial charge in [0.15, 0.2) is 0 Å². The molecule has 1 aliphatic carbocycles. The van der Waals surface area contributed by atoms with Gasteiger partial charge in [-0.2, -0.15) is 0 Å². The molecule has 0 bridgehead atoms. The van der Waals surface area contributed by atoms with Crippen molar-refractivity contribution in [1.82, 2.24) is 35.8 Å². The van der Waals surface area contributed by atoms with Crippen LogP contribution in [0.3, 0.4) is 0 Å². The summed E-state index contributed by atoms with van der Waals surface area (Å²) >= 11 is 0. The molecule has 5 amide bonds. The number of amides is 5. The highest BCUT2D eigenvalue weighted by atomic mass is 16.5. The maximum absolute atomic E-state index is 14.6. The van der Waals surface area contributed by atoms with Gasteiger partial charge in [0.05, 0.1) is 17.9 Å². The normalized spacial score (nSPS) is 21.8. The maximum Gasteiger partial charge on any atom is 0.315 e. The number of Topliss-reactive ketones (excluding diaryl/α,β-unsaturated/α-hetero) is 1. The van der Waals surface area contributed by atoms with Crippen molar-refractivity contribution in [3.8, 4) is 0 Å².